The van der Waals surface area contributed by atoms with Gasteiger partial charge in [0.25, 0.3) is 0 Å². The number of ether oxygens (including phenoxy) is 1. The van der Waals surface area contributed by atoms with Crippen molar-refractivity contribution < 1.29 is 4.74 Å². The molecule has 106 valence electrons. The molecule has 0 aromatic heterocycles. The normalized spacial score (nSPS) is 29.5. The second-order valence-corrected chi connectivity index (χ2v) is 6.41. The fourth-order valence-corrected chi connectivity index (χ4v) is 3.04. The smallest absolute Gasteiger partial charge is 0.0471 e. The maximum atomic E-state index is 5.45. The van der Waals surface area contributed by atoms with E-state index in [0.717, 1.165) is 26.3 Å². The summed E-state index contributed by atoms with van der Waals surface area (Å²) >= 11 is 0. The molecule has 3 nitrogen and oxygen atoms in total. The maximum Gasteiger partial charge on any atom is 0.0471 e. The summed E-state index contributed by atoms with van der Waals surface area (Å²) in [6.07, 6.45) is 9.33. The third-order valence-corrected chi connectivity index (χ3v) is 4.55. The molecule has 0 bridgehead atoms. The first-order valence-electron chi connectivity index (χ1n) is 7.80. The molecule has 1 unspecified atom stereocenters. The van der Waals surface area contributed by atoms with Crippen LogP contribution in [-0.4, -0.2) is 38.9 Å². The summed E-state index contributed by atoms with van der Waals surface area (Å²) in [5.74, 6) is 0. The van der Waals surface area contributed by atoms with E-state index in [1.807, 2.05) is 0 Å². The molecule has 2 aliphatic rings. The van der Waals surface area contributed by atoms with E-state index >= 15 is 0 Å². The van der Waals surface area contributed by atoms with Crippen LogP contribution in [0.2, 0.25) is 0 Å². The van der Waals surface area contributed by atoms with Crippen molar-refractivity contribution in [3.05, 3.63) is 0 Å². The molecule has 0 aromatic carbocycles. The molecule has 0 aliphatic carbocycles. The molecule has 2 saturated heterocycles. The molecule has 18 heavy (non-hydrogen) atoms. The van der Waals surface area contributed by atoms with Gasteiger partial charge >= 0.3 is 0 Å². The van der Waals surface area contributed by atoms with Gasteiger partial charge in [-0.15, -0.1) is 0 Å². The summed E-state index contributed by atoms with van der Waals surface area (Å²) in [5.41, 5.74) is 0.458. The van der Waals surface area contributed by atoms with Crippen LogP contribution in [0.3, 0.4) is 0 Å². The standard InChI is InChI=1S/C15H30N2O/c1-15(7-10-18-11-8-15)13-16-12-14-6-4-2-3-5-9-17-14/h14,16-17H,2-13H2,1H3. The Labute approximate surface area is 112 Å². The minimum Gasteiger partial charge on any atom is -0.381 e. The molecular weight excluding hydrogens is 224 g/mol. The SMILES string of the molecule is CC1(CNCC2CCCCCCN2)CCOCC1. The second kappa shape index (κ2) is 7.46. The first kappa shape index (κ1) is 14.3. The number of hydrogen-bond acceptors (Lipinski definition) is 3. The zero-order chi connectivity index (χ0) is 12.7. The summed E-state index contributed by atoms with van der Waals surface area (Å²) < 4.78 is 5.45. The zero-order valence-electron chi connectivity index (χ0n) is 12.0. The number of rotatable bonds is 4. The Kier molecular flexibility index (Phi) is 5.93. The van der Waals surface area contributed by atoms with Gasteiger partial charge in [-0.1, -0.05) is 26.2 Å². The van der Waals surface area contributed by atoms with E-state index in [2.05, 4.69) is 17.6 Å². The first-order chi connectivity index (χ1) is 8.79. The van der Waals surface area contributed by atoms with Gasteiger partial charge in [-0.3, -0.25) is 0 Å². The monoisotopic (exact) mass is 254 g/mol. The highest BCUT2D eigenvalue weighted by molar-refractivity contribution is 4.81. The van der Waals surface area contributed by atoms with Gasteiger partial charge in [0.05, 0.1) is 0 Å². The van der Waals surface area contributed by atoms with Gasteiger partial charge in [0.2, 0.25) is 0 Å². The predicted molar refractivity (Wildman–Crippen MR) is 75.9 cm³/mol. The van der Waals surface area contributed by atoms with Gasteiger partial charge < -0.3 is 15.4 Å². The Bertz CT molecular complexity index is 219. The van der Waals surface area contributed by atoms with E-state index in [1.54, 1.807) is 0 Å². The van der Waals surface area contributed by atoms with Gasteiger partial charge in [-0.25, -0.2) is 0 Å². The number of nitrogens with one attached hydrogen (secondary N) is 2. The quantitative estimate of drug-likeness (QED) is 0.808. The second-order valence-electron chi connectivity index (χ2n) is 6.41. The number of hydrogen-bond donors (Lipinski definition) is 2. The van der Waals surface area contributed by atoms with Gasteiger partial charge in [0, 0.05) is 32.3 Å². The van der Waals surface area contributed by atoms with Gasteiger partial charge in [-0.2, -0.15) is 0 Å². The molecule has 2 fully saturated rings. The zero-order valence-corrected chi connectivity index (χ0v) is 12.0. The average molecular weight is 254 g/mol. The van der Waals surface area contributed by atoms with Crippen molar-refractivity contribution in [3.8, 4) is 0 Å². The van der Waals surface area contributed by atoms with Crippen molar-refractivity contribution in [1.29, 1.82) is 0 Å². The molecule has 0 saturated carbocycles. The Morgan fingerprint density at radius 2 is 1.94 bits per heavy atom. The molecule has 0 radical (unpaired) electrons. The molecule has 2 aliphatic heterocycles. The highest BCUT2D eigenvalue weighted by Gasteiger charge is 2.27. The molecule has 2 N–H and O–H groups in total. The molecule has 2 heterocycles. The van der Waals surface area contributed by atoms with Crippen LogP contribution in [0.4, 0.5) is 0 Å². The van der Waals surface area contributed by atoms with Crippen molar-refractivity contribution in [2.45, 2.75) is 57.9 Å². The third kappa shape index (κ3) is 4.87. The van der Waals surface area contributed by atoms with Gasteiger partial charge in [0.15, 0.2) is 0 Å². The lowest BCUT2D eigenvalue weighted by molar-refractivity contribution is 0.0239. The van der Waals surface area contributed by atoms with E-state index < -0.39 is 0 Å². The fourth-order valence-electron chi connectivity index (χ4n) is 3.04. The van der Waals surface area contributed by atoms with Crippen LogP contribution in [0.1, 0.15) is 51.9 Å². The first-order valence-corrected chi connectivity index (χ1v) is 7.80. The van der Waals surface area contributed by atoms with Crippen LogP contribution < -0.4 is 10.6 Å². The van der Waals surface area contributed by atoms with Gasteiger partial charge in [0.1, 0.15) is 0 Å². The topological polar surface area (TPSA) is 33.3 Å². The fraction of sp³-hybridized carbons (Fsp3) is 1.00. The van der Waals surface area contributed by atoms with E-state index in [0.29, 0.717) is 11.5 Å². The molecular formula is C15H30N2O. The van der Waals surface area contributed by atoms with Crippen molar-refractivity contribution in [2.24, 2.45) is 5.41 Å². The molecule has 2 rings (SSSR count). The Balaban J connectivity index is 1.63. The lowest BCUT2D eigenvalue weighted by Gasteiger charge is -2.34. The molecule has 0 aromatic rings. The minimum atomic E-state index is 0.458. The largest absolute Gasteiger partial charge is 0.381 e. The summed E-state index contributed by atoms with van der Waals surface area (Å²) in [6.45, 7) is 7.77. The summed E-state index contributed by atoms with van der Waals surface area (Å²) in [4.78, 5) is 0. The van der Waals surface area contributed by atoms with Crippen molar-refractivity contribution >= 4 is 0 Å². The van der Waals surface area contributed by atoms with Crippen LogP contribution >= 0.6 is 0 Å². The summed E-state index contributed by atoms with van der Waals surface area (Å²) in [5, 5.41) is 7.38. The Morgan fingerprint density at radius 1 is 1.17 bits per heavy atom. The van der Waals surface area contributed by atoms with E-state index in [1.165, 1.54) is 51.5 Å². The summed E-state index contributed by atoms with van der Waals surface area (Å²) in [6, 6.07) is 0.689. The lowest BCUT2D eigenvalue weighted by Crippen LogP contribution is -2.44. The van der Waals surface area contributed by atoms with Crippen LogP contribution in [0, 0.1) is 5.41 Å². The highest BCUT2D eigenvalue weighted by atomic mass is 16.5. The average Bonchev–Trinajstić information content (AvgIpc) is 2.32. The van der Waals surface area contributed by atoms with Crippen LogP contribution in [0.5, 0.6) is 0 Å². The molecule has 3 heteroatoms. The summed E-state index contributed by atoms with van der Waals surface area (Å²) in [7, 11) is 0. The van der Waals surface area contributed by atoms with E-state index in [4.69, 9.17) is 4.74 Å². The van der Waals surface area contributed by atoms with Crippen molar-refractivity contribution in [1.82, 2.24) is 10.6 Å². The minimum absolute atomic E-state index is 0.458. The molecule has 0 spiro atoms. The van der Waals surface area contributed by atoms with Crippen LogP contribution in [0.15, 0.2) is 0 Å². The Hall–Kier alpha value is -0.120. The third-order valence-electron chi connectivity index (χ3n) is 4.55. The van der Waals surface area contributed by atoms with E-state index in [-0.39, 0.29) is 0 Å². The van der Waals surface area contributed by atoms with Crippen molar-refractivity contribution in [2.75, 3.05) is 32.8 Å². The van der Waals surface area contributed by atoms with Crippen molar-refractivity contribution in [3.63, 3.8) is 0 Å². The lowest BCUT2D eigenvalue weighted by atomic mass is 9.82. The molecule has 1 atom stereocenters. The van der Waals surface area contributed by atoms with Gasteiger partial charge in [-0.05, 0) is 37.6 Å². The van der Waals surface area contributed by atoms with Crippen LogP contribution in [-0.2, 0) is 4.74 Å². The Morgan fingerprint density at radius 3 is 2.78 bits per heavy atom. The maximum absolute atomic E-state index is 5.45. The predicted octanol–water partition coefficient (Wildman–Crippen LogP) is 2.31. The van der Waals surface area contributed by atoms with Crippen LogP contribution in [0.25, 0.3) is 0 Å². The molecule has 0 amide bonds. The van der Waals surface area contributed by atoms with E-state index in [9.17, 15) is 0 Å². The highest BCUT2D eigenvalue weighted by Crippen LogP contribution is 2.28.